The molecular formula is C8H18O2Si. The second kappa shape index (κ2) is 4.44. The average molecular weight is 174 g/mol. The van der Waals surface area contributed by atoms with Crippen molar-refractivity contribution in [1.82, 2.24) is 0 Å². The van der Waals surface area contributed by atoms with Gasteiger partial charge in [-0.05, 0) is 32.1 Å². The Balaban J connectivity index is 3.99. The molecule has 0 saturated carbocycles. The summed E-state index contributed by atoms with van der Waals surface area (Å²) < 4.78 is 10.6. The quantitative estimate of drug-likeness (QED) is 0.482. The summed E-state index contributed by atoms with van der Waals surface area (Å²) in [6, 6.07) is 0. The highest BCUT2D eigenvalue weighted by atomic mass is 28.4. The first-order valence-electron chi connectivity index (χ1n) is 3.92. The van der Waals surface area contributed by atoms with Gasteiger partial charge in [-0.25, -0.2) is 0 Å². The third kappa shape index (κ3) is 5.98. The van der Waals surface area contributed by atoms with Crippen molar-refractivity contribution in [3.63, 3.8) is 0 Å². The maximum absolute atomic E-state index is 5.61. The van der Waals surface area contributed by atoms with E-state index >= 15 is 0 Å². The molecule has 0 atom stereocenters. The maximum Gasteiger partial charge on any atom is 0.260 e. The molecule has 0 saturated heterocycles. The van der Waals surface area contributed by atoms with Crippen LogP contribution in [0, 0.1) is 0 Å². The summed E-state index contributed by atoms with van der Waals surface area (Å²) in [4.78, 5) is 0. The van der Waals surface area contributed by atoms with Crippen molar-refractivity contribution < 1.29 is 9.16 Å². The van der Waals surface area contributed by atoms with Crippen LogP contribution < -0.4 is 0 Å². The molecule has 0 aromatic rings. The van der Waals surface area contributed by atoms with Gasteiger partial charge >= 0.3 is 0 Å². The van der Waals surface area contributed by atoms with Crippen LogP contribution in [-0.4, -0.2) is 15.4 Å². The largest absolute Gasteiger partial charge is 0.520 e. The third-order valence-electron chi connectivity index (χ3n) is 0.979. The minimum atomic E-state index is -1.47. The molecule has 0 aromatic carbocycles. The number of allylic oxidation sites excluding steroid dienone is 1. The molecule has 0 rings (SSSR count). The van der Waals surface area contributed by atoms with Crippen molar-refractivity contribution in [2.45, 2.75) is 33.0 Å². The lowest BCUT2D eigenvalue weighted by Crippen LogP contribution is -2.25. The topological polar surface area (TPSA) is 18.5 Å². The second-order valence-corrected chi connectivity index (χ2v) is 7.78. The molecule has 0 aliphatic carbocycles. The standard InChI is InChI=1S/C8H18O2Si/c1-6-7-8(9-2)10-11(3,4)5/h7H,6H2,1-5H3/b8-7-. The van der Waals surface area contributed by atoms with E-state index in [0.717, 1.165) is 6.42 Å². The first-order chi connectivity index (χ1) is 4.99. The zero-order valence-corrected chi connectivity index (χ0v) is 9.10. The molecule has 0 radical (unpaired) electrons. The van der Waals surface area contributed by atoms with E-state index in [1.807, 2.05) is 6.08 Å². The lowest BCUT2D eigenvalue weighted by molar-refractivity contribution is 0.145. The predicted molar refractivity (Wildman–Crippen MR) is 49.8 cm³/mol. The van der Waals surface area contributed by atoms with E-state index in [0.29, 0.717) is 5.95 Å². The molecule has 66 valence electrons. The smallest absolute Gasteiger partial charge is 0.260 e. The number of hydrogen-bond acceptors (Lipinski definition) is 2. The van der Waals surface area contributed by atoms with Crippen LogP contribution in [0.1, 0.15) is 13.3 Å². The minimum absolute atomic E-state index is 0.673. The number of rotatable bonds is 4. The van der Waals surface area contributed by atoms with Gasteiger partial charge in [0.1, 0.15) is 0 Å². The zero-order chi connectivity index (χ0) is 8.91. The van der Waals surface area contributed by atoms with Crippen molar-refractivity contribution in [2.75, 3.05) is 7.11 Å². The lowest BCUT2D eigenvalue weighted by Gasteiger charge is -2.20. The Morgan fingerprint density at radius 2 is 1.91 bits per heavy atom. The van der Waals surface area contributed by atoms with Crippen LogP contribution >= 0.6 is 0 Å². The van der Waals surface area contributed by atoms with Crippen LogP contribution in [0.3, 0.4) is 0 Å². The van der Waals surface area contributed by atoms with Gasteiger partial charge < -0.3 is 9.16 Å². The van der Waals surface area contributed by atoms with Gasteiger partial charge in [-0.1, -0.05) is 6.92 Å². The van der Waals surface area contributed by atoms with E-state index in [1.54, 1.807) is 7.11 Å². The number of ether oxygens (including phenoxy) is 1. The molecule has 2 nitrogen and oxygen atoms in total. The SMILES string of the molecule is CC/C=C(/OC)O[Si](C)(C)C. The molecule has 0 aliphatic heterocycles. The van der Waals surface area contributed by atoms with Crippen LogP contribution in [0.2, 0.25) is 19.6 Å². The van der Waals surface area contributed by atoms with E-state index in [9.17, 15) is 0 Å². The van der Waals surface area contributed by atoms with E-state index < -0.39 is 8.32 Å². The molecule has 0 aromatic heterocycles. The molecular weight excluding hydrogens is 156 g/mol. The second-order valence-electron chi connectivity index (χ2n) is 3.35. The first kappa shape index (κ1) is 10.6. The van der Waals surface area contributed by atoms with E-state index in [-0.39, 0.29) is 0 Å². The molecule has 0 amide bonds. The van der Waals surface area contributed by atoms with Gasteiger partial charge in [-0.2, -0.15) is 0 Å². The highest BCUT2D eigenvalue weighted by Crippen LogP contribution is 2.10. The molecule has 11 heavy (non-hydrogen) atoms. The fourth-order valence-electron chi connectivity index (χ4n) is 0.635. The maximum atomic E-state index is 5.61. The normalized spacial score (nSPS) is 13.0. The minimum Gasteiger partial charge on any atom is -0.520 e. The highest BCUT2D eigenvalue weighted by molar-refractivity contribution is 6.69. The van der Waals surface area contributed by atoms with E-state index in [4.69, 9.17) is 9.16 Å². The number of hydrogen-bond donors (Lipinski definition) is 0. The molecule has 0 N–H and O–H groups in total. The van der Waals surface area contributed by atoms with Crippen molar-refractivity contribution in [3.05, 3.63) is 12.0 Å². The Hall–Kier alpha value is -0.443. The summed E-state index contributed by atoms with van der Waals surface area (Å²) in [5.74, 6) is 0.673. The van der Waals surface area contributed by atoms with Crippen LogP contribution in [0.15, 0.2) is 12.0 Å². The summed E-state index contributed by atoms with van der Waals surface area (Å²) in [6.45, 7) is 8.47. The van der Waals surface area contributed by atoms with Gasteiger partial charge in [0, 0.05) is 0 Å². The Morgan fingerprint density at radius 1 is 1.36 bits per heavy atom. The van der Waals surface area contributed by atoms with Crippen LogP contribution in [-0.2, 0) is 9.16 Å². The van der Waals surface area contributed by atoms with E-state index in [1.165, 1.54) is 0 Å². The Morgan fingerprint density at radius 3 is 2.18 bits per heavy atom. The fourth-order valence-corrected chi connectivity index (χ4v) is 1.41. The van der Waals surface area contributed by atoms with Crippen molar-refractivity contribution >= 4 is 8.32 Å². The van der Waals surface area contributed by atoms with Gasteiger partial charge in [0.25, 0.3) is 5.95 Å². The molecule has 0 bridgehead atoms. The zero-order valence-electron chi connectivity index (χ0n) is 8.10. The van der Waals surface area contributed by atoms with E-state index in [2.05, 4.69) is 26.6 Å². The average Bonchev–Trinajstić information content (AvgIpc) is 1.84. The van der Waals surface area contributed by atoms with Gasteiger partial charge in [0.15, 0.2) is 0 Å². The van der Waals surface area contributed by atoms with Gasteiger partial charge in [0.05, 0.1) is 7.11 Å². The molecule has 0 unspecified atom stereocenters. The highest BCUT2D eigenvalue weighted by Gasteiger charge is 2.17. The van der Waals surface area contributed by atoms with Gasteiger partial charge in [-0.3, -0.25) is 0 Å². The lowest BCUT2D eigenvalue weighted by atomic mass is 10.5. The summed E-state index contributed by atoms with van der Waals surface area (Å²) >= 11 is 0. The van der Waals surface area contributed by atoms with Crippen molar-refractivity contribution in [1.29, 1.82) is 0 Å². The van der Waals surface area contributed by atoms with Gasteiger partial charge in [-0.15, -0.1) is 0 Å². The van der Waals surface area contributed by atoms with Crippen molar-refractivity contribution in [3.8, 4) is 0 Å². The molecule has 0 heterocycles. The Bertz CT molecular complexity index is 136. The summed E-state index contributed by atoms with van der Waals surface area (Å²) in [5, 5.41) is 0. The molecule has 3 heteroatoms. The Labute approximate surface area is 70.3 Å². The third-order valence-corrected chi connectivity index (χ3v) is 1.79. The first-order valence-corrected chi connectivity index (χ1v) is 7.33. The van der Waals surface area contributed by atoms with Crippen LogP contribution in [0.5, 0.6) is 0 Å². The van der Waals surface area contributed by atoms with Gasteiger partial charge in [0.2, 0.25) is 8.32 Å². The fraction of sp³-hybridized carbons (Fsp3) is 0.750. The van der Waals surface area contributed by atoms with Crippen LogP contribution in [0.4, 0.5) is 0 Å². The molecule has 0 aliphatic rings. The summed E-state index contributed by atoms with van der Waals surface area (Å²) in [6.07, 6.45) is 2.91. The molecule has 0 fully saturated rings. The summed E-state index contributed by atoms with van der Waals surface area (Å²) in [7, 11) is 0.169. The Kier molecular flexibility index (Phi) is 4.26. The number of methoxy groups -OCH3 is 1. The summed E-state index contributed by atoms with van der Waals surface area (Å²) in [5.41, 5.74) is 0. The monoisotopic (exact) mass is 174 g/mol. The van der Waals surface area contributed by atoms with Crippen molar-refractivity contribution in [2.24, 2.45) is 0 Å². The molecule has 0 spiro atoms. The predicted octanol–water partition coefficient (Wildman–Crippen LogP) is 2.74. The van der Waals surface area contributed by atoms with Crippen LogP contribution in [0.25, 0.3) is 0 Å².